The minimum Gasteiger partial charge on any atom is -0.358 e. The second kappa shape index (κ2) is 10.7. The van der Waals surface area contributed by atoms with Crippen LogP contribution in [0.25, 0.3) is 0 Å². The Hall–Kier alpha value is -2.83. The van der Waals surface area contributed by atoms with Gasteiger partial charge in [0, 0.05) is 18.1 Å². The highest BCUT2D eigenvalue weighted by molar-refractivity contribution is 6.30. The van der Waals surface area contributed by atoms with Crippen LogP contribution in [0.3, 0.4) is 0 Å². The van der Waals surface area contributed by atoms with Crippen LogP contribution in [0.4, 0.5) is 13.2 Å². The van der Waals surface area contributed by atoms with Gasteiger partial charge in [-0.15, -0.1) is 0 Å². The molecule has 2 atom stereocenters. The highest BCUT2D eigenvalue weighted by atomic mass is 35.5. The zero-order valence-corrected chi connectivity index (χ0v) is 18.3. The predicted molar refractivity (Wildman–Crippen MR) is 120 cm³/mol. The van der Waals surface area contributed by atoms with Gasteiger partial charge >= 0.3 is 6.18 Å². The van der Waals surface area contributed by atoms with Crippen LogP contribution in [-0.2, 0) is 17.4 Å². The minimum atomic E-state index is -4.36. The number of aryl methyl sites for hydroxylation is 1. The zero-order chi connectivity index (χ0) is 23.1. The van der Waals surface area contributed by atoms with Crippen molar-refractivity contribution in [1.82, 2.24) is 10.6 Å². The zero-order valence-electron chi connectivity index (χ0n) is 17.5. The summed E-state index contributed by atoms with van der Waals surface area (Å²) in [5.41, 5.74) is 1.87. The molecule has 0 aliphatic rings. The standard InChI is InChI=1S/C25H24ClF3N2O/c1-30-24(32)23(19-5-3-2-4-6-19)31-22(18-10-14-21(26)15-11-18)16-9-17-7-12-20(13-8-17)25(27,28)29/h2-8,10-15,22-23,31H,9,16H2,1H3,(H,30,32)/t22-,23?/m0/s1. The van der Waals surface area contributed by atoms with Crippen molar-refractivity contribution in [2.75, 3.05) is 7.05 Å². The van der Waals surface area contributed by atoms with Gasteiger partial charge in [0.1, 0.15) is 6.04 Å². The first-order chi connectivity index (χ1) is 15.3. The van der Waals surface area contributed by atoms with Crippen molar-refractivity contribution in [3.05, 3.63) is 106 Å². The largest absolute Gasteiger partial charge is 0.416 e. The van der Waals surface area contributed by atoms with Crippen molar-refractivity contribution in [3.8, 4) is 0 Å². The van der Waals surface area contributed by atoms with E-state index < -0.39 is 17.8 Å². The van der Waals surface area contributed by atoms with Crippen molar-refractivity contribution in [1.29, 1.82) is 0 Å². The number of likely N-dealkylation sites (N-methyl/N-ethyl adjacent to an activating group) is 1. The van der Waals surface area contributed by atoms with Gasteiger partial charge in [-0.05, 0) is 53.8 Å². The second-order valence-electron chi connectivity index (χ2n) is 7.46. The molecule has 0 heterocycles. The molecular formula is C25H24ClF3N2O. The fourth-order valence-electron chi connectivity index (χ4n) is 3.53. The average molecular weight is 461 g/mol. The Balaban J connectivity index is 1.83. The fourth-order valence-corrected chi connectivity index (χ4v) is 3.65. The molecule has 0 spiro atoms. The number of hydrogen-bond acceptors (Lipinski definition) is 2. The maximum Gasteiger partial charge on any atom is 0.416 e. The van der Waals surface area contributed by atoms with E-state index in [9.17, 15) is 18.0 Å². The summed E-state index contributed by atoms with van der Waals surface area (Å²) in [6, 6.07) is 21.1. The van der Waals surface area contributed by atoms with Gasteiger partial charge in [-0.3, -0.25) is 10.1 Å². The second-order valence-corrected chi connectivity index (χ2v) is 7.90. The van der Waals surface area contributed by atoms with E-state index in [1.54, 1.807) is 19.2 Å². The molecule has 1 unspecified atom stereocenters. The summed E-state index contributed by atoms with van der Waals surface area (Å²) >= 11 is 6.04. The fraction of sp³-hybridized carbons (Fsp3) is 0.240. The Morgan fingerprint density at radius 3 is 2.09 bits per heavy atom. The van der Waals surface area contributed by atoms with E-state index in [0.717, 1.165) is 28.8 Å². The van der Waals surface area contributed by atoms with E-state index in [-0.39, 0.29) is 11.9 Å². The van der Waals surface area contributed by atoms with Crippen molar-refractivity contribution in [2.45, 2.75) is 31.1 Å². The SMILES string of the molecule is CNC(=O)C(N[C@@H](CCc1ccc(C(F)(F)F)cc1)c1ccc(Cl)cc1)c1ccccc1. The molecule has 0 saturated carbocycles. The number of alkyl halides is 3. The summed E-state index contributed by atoms with van der Waals surface area (Å²) in [7, 11) is 1.58. The molecule has 7 heteroatoms. The van der Waals surface area contributed by atoms with Crippen LogP contribution < -0.4 is 10.6 Å². The highest BCUT2D eigenvalue weighted by Crippen LogP contribution is 2.30. The lowest BCUT2D eigenvalue weighted by atomic mass is 9.96. The van der Waals surface area contributed by atoms with E-state index in [4.69, 9.17) is 11.6 Å². The molecule has 3 aromatic rings. The lowest BCUT2D eigenvalue weighted by Crippen LogP contribution is -2.38. The maximum atomic E-state index is 12.8. The number of amides is 1. The van der Waals surface area contributed by atoms with E-state index in [0.29, 0.717) is 17.9 Å². The van der Waals surface area contributed by atoms with E-state index in [1.807, 2.05) is 42.5 Å². The molecule has 0 saturated heterocycles. The Morgan fingerprint density at radius 2 is 1.53 bits per heavy atom. The lowest BCUT2D eigenvalue weighted by molar-refractivity contribution is -0.137. The van der Waals surface area contributed by atoms with Gasteiger partial charge in [0.25, 0.3) is 0 Å². The topological polar surface area (TPSA) is 41.1 Å². The van der Waals surface area contributed by atoms with Crippen molar-refractivity contribution >= 4 is 17.5 Å². The third-order valence-corrected chi connectivity index (χ3v) is 5.54. The Labute approximate surface area is 190 Å². The number of benzene rings is 3. The average Bonchev–Trinajstić information content (AvgIpc) is 2.80. The smallest absolute Gasteiger partial charge is 0.358 e. The third-order valence-electron chi connectivity index (χ3n) is 5.28. The summed E-state index contributed by atoms with van der Waals surface area (Å²) in [5, 5.41) is 6.72. The number of carbonyl (C=O) groups is 1. The van der Waals surface area contributed by atoms with Crippen molar-refractivity contribution < 1.29 is 18.0 Å². The predicted octanol–water partition coefficient (Wildman–Crippen LogP) is 6.11. The molecule has 0 aromatic heterocycles. The van der Waals surface area contributed by atoms with Crippen LogP contribution in [0.1, 0.15) is 40.8 Å². The number of hydrogen-bond donors (Lipinski definition) is 2. The highest BCUT2D eigenvalue weighted by Gasteiger charge is 2.30. The number of carbonyl (C=O) groups excluding carboxylic acids is 1. The molecule has 2 N–H and O–H groups in total. The van der Waals surface area contributed by atoms with E-state index >= 15 is 0 Å². The first kappa shape index (κ1) is 23.8. The normalized spacial score (nSPS) is 13.4. The molecule has 0 aliphatic carbocycles. The summed E-state index contributed by atoms with van der Waals surface area (Å²) in [5.74, 6) is -0.176. The lowest BCUT2D eigenvalue weighted by Gasteiger charge is -2.26. The molecule has 0 bridgehead atoms. The van der Waals surface area contributed by atoms with E-state index in [2.05, 4.69) is 10.6 Å². The third kappa shape index (κ3) is 6.34. The van der Waals surface area contributed by atoms with Gasteiger partial charge in [-0.1, -0.05) is 66.2 Å². The summed E-state index contributed by atoms with van der Waals surface area (Å²) < 4.78 is 38.5. The van der Waals surface area contributed by atoms with Gasteiger partial charge in [-0.25, -0.2) is 0 Å². The maximum absolute atomic E-state index is 12.8. The minimum absolute atomic E-state index is 0.176. The monoisotopic (exact) mass is 460 g/mol. The first-order valence-electron chi connectivity index (χ1n) is 10.2. The van der Waals surface area contributed by atoms with Gasteiger partial charge in [-0.2, -0.15) is 13.2 Å². The molecule has 1 amide bonds. The summed E-state index contributed by atoms with van der Waals surface area (Å²) in [4.78, 5) is 12.6. The van der Waals surface area contributed by atoms with Gasteiger partial charge < -0.3 is 5.32 Å². The van der Waals surface area contributed by atoms with E-state index in [1.165, 1.54) is 12.1 Å². The van der Waals surface area contributed by atoms with Crippen molar-refractivity contribution in [2.24, 2.45) is 0 Å². The number of halogens is 4. The molecule has 0 radical (unpaired) electrons. The summed E-state index contributed by atoms with van der Waals surface area (Å²) in [6.45, 7) is 0. The molecule has 0 aliphatic heterocycles. The molecule has 32 heavy (non-hydrogen) atoms. The quantitative estimate of drug-likeness (QED) is 0.426. The molecule has 0 fully saturated rings. The van der Waals surface area contributed by atoms with Gasteiger partial charge in [0.05, 0.1) is 5.56 Å². The summed E-state index contributed by atoms with van der Waals surface area (Å²) in [6.07, 6.45) is -3.25. The van der Waals surface area contributed by atoms with Gasteiger partial charge in [0.2, 0.25) is 5.91 Å². The van der Waals surface area contributed by atoms with Gasteiger partial charge in [0.15, 0.2) is 0 Å². The molecular weight excluding hydrogens is 437 g/mol. The first-order valence-corrected chi connectivity index (χ1v) is 10.6. The Bertz CT molecular complexity index is 1010. The number of nitrogens with one attached hydrogen (secondary N) is 2. The number of rotatable bonds is 8. The Kier molecular flexibility index (Phi) is 7.94. The van der Waals surface area contributed by atoms with Crippen LogP contribution in [0.2, 0.25) is 5.02 Å². The van der Waals surface area contributed by atoms with Crippen LogP contribution in [-0.4, -0.2) is 13.0 Å². The Morgan fingerprint density at radius 1 is 0.906 bits per heavy atom. The molecule has 3 rings (SSSR count). The molecule has 3 aromatic carbocycles. The van der Waals surface area contributed by atoms with Crippen LogP contribution in [0.15, 0.2) is 78.9 Å². The van der Waals surface area contributed by atoms with Crippen LogP contribution in [0.5, 0.6) is 0 Å². The van der Waals surface area contributed by atoms with Crippen LogP contribution in [0, 0.1) is 0 Å². The molecule has 3 nitrogen and oxygen atoms in total. The molecule has 168 valence electrons. The van der Waals surface area contributed by atoms with Crippen LogP contribution >= 0.6 is 11.6 Å². The van der Waals surface area contributed by atoms with Crippen molar-refractivity contribution in [3.63, 3.8) is 0 Å².